The van der Waals surface area contributed by atoms with Gasteiger partial charge in [0.25, 0.3) is 5.69 Å². The van der Waals surface area contributed by atoms with Crippen LogP contribution in [0.2, 0.25) is 0 Å². The molecule has 0 aromatic carbocycles. The molecule has 0 saturated carbocycles. The van der Waals surface area contributed by atoms with Gasteiger partial charge in [-0.25, -0.2) is 9.13 Å². The quantitative estimate of drug-likeness (QED) is 0.218. The third-order valence-electron chi connectivity index (χ3n) is 3.98. The monoisotopic (exact) mass is 558 g/mol. The molecule has 3 aromatic heterocycles. The maximum atomic E-state index is 10.2. The maximum Gasteiger partial charge on any atom is 0.322 e. The number of aromatic nitrogens is 3. The zero-order valence-electron chi connectivity index (χ0n) is 23.0. The number of nitrogens with zero attached hydrogens (tertiary/aromatic N) is 6. The van der Waals surface area contributed by atoms with E-state index in [4.69, 9.17) is 0 Å². The molecule has 0 amide bonds. The Labute approximate surface area is 235 Å². The van der Waals surface area contributed by atoms with E-state index in [-0.39, 0.29) is 49.4 Å². The summed E-state index contributed by atoms with van der Waals surface area (Å²) in [7, 11) is 0. The predicted octanol–water partition coefficient (Wildman–Crippen LogP) is 9.24. The summed E-state index contributed by atoms with van der Waals surface area (Å²) in [6.45, 7) is 19.7. The minimum absolute atomic E-state index is 0. The van der Waals surface area contributed by atoms with Crippen molar-refractivity contribution in [1.82, 2.24) is 13.7 Å². The van der Waals surface area contributed by atoms with E-state index in [2.05, 4.69) is 0 Å². The van der Waals surface area contributed by atoms with Gasteiger partial charge < -0.3 is 24.8 Å². The normalized spacial score (nSPS) is 7.92. The average molecular weight is 559 g/mol. The van der Waals surface area contributed by atoms with E-state index in [0.29, 0.717) is 13.1 Å². The Kier molecular flexibility index (Phi) is 37.4. The zero-order valence-corrected chi connectivity index (χ0v) is 23.0. The molecule has 0 aliphatic rings. The highest BCUT2D eigenvalue weighted by Crippen LogP contribution is 2.11. The van der Waals surface area contributed by atoms with Crippen molar-refractivity contribution in [2.45, 2.75) is 104 Å². The number of rotatable bonds is 6. The van der Waals surface area contributed by atoms with Crippen molar-refractivity contribution in [3.63, 3.8) is 0 Å². The van der Waals surface area contributed by atoms with Gasteiger partial charge in [-0.05, 0) is 42.8 Å². The van der Waals surface area contributed by atoms with Crippen LogP contribution in [0.5, 0.6) is 0 Å². The van der Waals surface area contributed by atoms with Crippen molar-refractivity contribution in [3.05, 3.63) is 85.5 Å². The van der Waals surface area contributed by atoms with E-state index in [0.717, 1.165) is 6.54 Å². The van der Waals surface area contributed by atoms with Crippen LogP contribution >= 0.6 is 0 Å². The third-order valence-corrected chi connectivity index (χ3v) is 3.98. The van der Waals surface area contributed by atoms with E-state index in [9.17, 15) is 30.3 Å². The van der Waals surface area contributed by atoms with Gasteiger partial charge in [-0.3, -0.25) is 10.1 Å². The molecule has 3 rings (SSSR count). The highest BCUT2D eigenvalue weighted by Gasteiger charge is 2.08. The Balaban J connectivity index is -0.0000000920. The maximum absolute atomic E-state index is 10.2. The molecule has 39 heavy (non-hydrogen) atoms. The fraction of sp³-hybridized carbons (Fsp3) is 0.556. The summed E-state index contributed by atoms with van der Waals surface area (Å²) >= 11 is 0. The second kappa shape index (κ2) is 30.3. The van der Waals surface area contributed by atoms with Crippen molar-refractivity contribution in [3.8, 4) is 0 Å². The Bertz CT molecular complexity index is 927. The van der Waals surface area contributed by atoms with Gasteiger partial charge in [0.15, 0.2) is 0 Å². The van der Waals surface area contributed by atoms with Crippen LogP contribution in [0.25, 0.3) is 0 Å². The van der Waals surface area contributed by atoms with Gasteiger partial charge >= 0.3 is 11.6 Å². The molecular formula is C27H54N6O6. The Morgan fingerprint density at radius 1 is 0.590 bits per heavy atom. The summed E-state index contributed by atoms with van der Waals surface area (Å²) in [5.74, 6) is 0.310. The lowest BCUT2D eigenvalue weighted by Gasteiger charge is -1.95. The minimum atomic E-state index is -0.397. The average Bonchev–Trinajstić information content (AvgIpc) is 3.68. The van der Waals surface area contributed by atoms with Crippen LogP contribution in [0, 0.1) is 30.3 Å². The summed E-state index contributed by atoms with van der Waals surface area (Å²) < 4.78 is 4.93. The van der Waals surface area contributed by atoms with E-state index < -0.39 is 4.92 Å². The molecule has 3 aromatic rings. The van der Waals surface area contributed by atoms with Crippen LogP contribution in [0.4, 0.5) is 17.3 Å². The molecule has 3 heterocycles. The SMILES string of the molecule is C.C.C.CC.CC.CC.CCn1ccc([N+](=O)[O-])c1.CCn1cccc1[N+](=O)[O-].CCn1cccc1[N+](=O)[O-]. The van der Waals surface area contributed by atoms with Crippen LogP contribution in [0.1, 0.15) is 84.6 Å². The van der Waals surface area contributed by atoms with Crippen molar-refractivity contribution < 1.29 is 14.8 Å². The summed E-state index contributed by atoms with van der Waals surface area (Å²) in [5.41, 5.74) is 0.154. The molecule has 0 saturated heterocycles. The van der Waals surface area contributed by atoms with Gasteiger partial charge in [0.2, 0.25) is 0 Å². The van der Waals surface area contributed by atoms with Crippen molar-refractivity contribution in [2.24, 2.45) is 0 Å². The molecule has 0 fully saturated rings. The number of hydrogen-bond donors (Lipinski definition) is 0. The summed E-state index contributed by atoms with van der Waals surface area (Å²) in [6.07, 6.45) is 6.59. The molecule has 0 spiro atoms. The van der Waals surface area contributed by atoms with Crippen LogP contribution in [0.15, 0.2) is 55.1 Å². The first-order valence-electron chi connectivity index (χ1n) is 12.1. The van der Waals surface area contributed by atoms with Gasteiger partial charge in [-0.1, -0.05) is 63.8 Å². The van der Waals surface area contributed by atoms with Crippen LogP contribution in [-0.2, 0) is 19.6 Å². The molecular weight excluding hydrogens is 504 g/mol. The van der Waals surface area contributed by atoms with Gasteiger partial charge in [0.05, 0.1) is 36.6 Å². The molecule has 0 N–H and O–H groups in total. The first kappa shape index (κ1) is 48.1. The van der Waals surface area contributed by atoms with E-state index in [1.165, 1.54) is 24.4 Å². The van der Waals surface area contributed by atoms with Crippen molar-refractivity contribution in [1.29, 1.82) is 0 Å². The van der Waals surface area contributed by atoms with Crippen molar-refractivity contribution >= 4 is 17.3 Å². The second-order valence-corrected chi connectivity index (χ2v) is 5.78. The zero-order chi connectivity index (χ0) is 28.7. The largest absolute Gasteiger partial charge is 0.358 e. The molecule has 228 valence electrons. The first-order chi connectivity index (χ1) is 17.2. The summed E-state index contributed by atoms with van der Waals surface area (Å²) in [6, 6.07) is 7.81. The van der Waals surface area contributed by atoms with Gasteiger partial charge in [0, 0.05) is 30.9 Å². The third kappa shape index (κ3) is 18.9. The van der Waals surface area contributed by atoms with Gasteiger partial charge in [-0.2, -0.15) is 0 Å². The molecule has 0 radical (unpaired) electrons. The molecule has 0 aliphatic carbocycles. The summed E-state index contributed by atoms with van der Waals surface area (Å²) in [4.78, 5) is 29.4. The van der Waals surface area contributed by atoms with Crippen LogP contribution in [0.3, 0.4) is 0 Å². The fourth-order valence-electron chi connectivity index (χ4n) is 2.41. The molecule has 0 bridgehead atoms. The van der Waals surface area contributed by atoms with E-state index in [1.807, 2.05) is 62.3 Å². The standard InChI is InChI=1S/3C6H8N2O2.3C2H6.3CH4/c1-2-7-4-3-6(5-7)8(9)10;2*1-2-7-5-3-4-6(7)8(9)10;3*1-2;;;/h3*3-5H,2H2,1H3;3*1-2H3;3*1H4. The van der Waals surface area contributed by atoms with E-state index in [1.54, 1.807) is 44.4 Å². The molecule has 12 heteroatoms. The van der Waals surface area contributed by atoms with Crippen LogP contribution < -0.4 is 0 Å². The molecule has 0 aliphatic heterocycles. The molecule has 12 nitrogen and oxygen atoms in total. The number of aryl methyl sites for hydroxylation is 3. The van der Waals surface area contributed by atoms with Gasteiger partial charge in [-0.15, -0.1) is 0 Å². The van der Waals surface area contributed by atoms with Crippen LogP contribution in [-0.4, -0.2) is 28.5 Å². The topological polar surface area (TPSA) is 144 Å². The molecule has 0 unspecified atom stereocenters. The fourth-order valence-corrected chi connectivity index (χ4v) is 2.41. The van der Waals surface area contributed by atoms with Gasteiger partial charge in [0.1, 0.15) is 0 Å². The minimum Gasteiger partial charge on any atom is -0.358 e. The highest BCUT2D eigenvalue weighted by atomic mass is 16.6. The first-order valence-corrected chi connectivity index (χ1v) is 12.1. The lowest BCUT2D eigenvalue weighted by atomic mass is 10.6. The summed E-state index contributed by atoms with van der Waals surface area (Å²) in [5, 5.41) is 30.6. The second-order valence-electron chi connectivity index (χ2n) is 5.78. The Hall–Kier alpha value is -3.96. The number of hydrogen-bond acceptors (Lipinski definition) is 6. The highest BCUT2D eigenvalue weighted by molar-refractivity contribution is 5.25. The number of nitro groups is 3. The smallest absolute Gasteiger partial charge is 0.322 e. The Morgan fingerprint density at radius 3 is 1.13 bits per heavy atom. The lowest BCUT2D eigenvalue weighted by Crippen LogP contribution is -1.98. The lowest BCUT2D eigenvalue weighted by molar-refractivity contribution is -0.392. The van der Waals surface area contributed by atoms with Crippen molar-refractivity contribution in [2.75, 3.05) is 0 Å². The molecule has 0 atom stereocenters. The predicted molar refractivity (Wildman–Crippen MR) is 165 cm³/mol. The Morgan fingerprint density at radius 2 is 0.949 bits per heavy atom. The van der Waals surface area contributed by atoms with E-state index >= 15 is 0 Å².